The molecule has 0 radical (unpaired) electrons. The van der Waals surface area contributed by atoms with Crippen LogP contribution in [0.4, 0.5) is 0 Å². The van der Waals surface area contributed by atoms with Gasteiger partial charge in [-0.15, -0.1) is 0 Å². The third kappa shape index (κ3) is 4.32. The molecule has 7 heteroatoms. The van der Waals surface area contributed by atoms with Crippen LogP contribution in [0.15, 0.2) is 60.7 Å². The topological polar surface area (TPSA) is 118 Å². The smallest absolute Gasteiger partial charge is 0.287 e. The van der Waals surface area contributed by atoms with Gasteiger partial charge in [-0.25, -0.2) is 4.98 Å². The van der Waals surface area contributed by atoms with E-state index in [1.807, 2.05) is 60.7 Å². The predicted molar refractivity (Wildman–Crippen MR) is 104 cm³/mol. The van der Waals surface area contributed by atoms with Crippen LogP contribution in [0.3, 0.4) is 0 Å². The van der Waals surface area contributed by atoms with Crippen molar-refractivity contribution in [3.05, 3.63) is 77.7 Å². The molecule has 142 valence electrons. The highest BCUT2D eigenvalue weighted by Crippen LogP contribution is 2.21. The van der Waals surface area contributed by atoms with Crippen LogP contribution in [0.25, 0.3) is 11.3 Å². The average Bonchev–Trinajstić information content (AvgIpc) is 3.10. The number of aromatic amines is 1. The summed E-state index contributed by atoms with van der Waals surface area (Å²) in [7, 11) is 0. The lowest BCUT2D eigenvalue weighted by Crippen LogP contribution is -2.47. The summed E-state index contributed by atoms with van der Waals surface area (Å²) in [5.74, 6) is -1.92. The van der Waals surface area contributed by atoms with Gasteiger partial charge in [0, 0.05) is 12.0 Å². The van der Waals surface area contributed by atoms with E-state index in [9.17, 15) is 14.4 Å². The van der Waals surface area contributed by atoms with Gasteiger partial charge in [-0.2, -0.15) is 0 Å². The highest BCUT2D eigenvalue weighted by Gasteiger charge is 2.27. The molecule has 3 rings (SSSR count). The Labute approximate surface area is 162 Å². The van der Waals surface area contributed by atoms with Gasteiger partial charge in [0.25, 0.3) is 11.8 Å². The summed E-state index contributed by atoms with van der Waals surface area (Å²) in [6, 6.07) is 17.2. The number of H-pyrrole nitrogens is 1. The highest BCUT2D eigenvalue weighted by atomic mass is 16.2. The highest BCUT2D eigenvalue weighted by molar-refractivity contribution is 6.38. The Kier molecular flexibility index (Phi) is 5.64. The van der Waals surface area contributed by atoms with Crippen LogP contribution in [-0.4, -0.2) is 33.6 Å². The molecule has 4 N–H and O–H groups in total. The molecule has 0 fully saturated rings. The minimum absolute atomic E-state index is 0.155. The summed E-state index contributed by atoms with van der Waals surface area (Å²) in [5, 5.41) is 2.63. The summed E-state index contributed by atoms with van der Waals surface area (Å²) in [4.78, 5) is 43.9. The Morgan fingerprint density at radius 2 is 1.64 bits per heavy atom. The van der Waals surface area contributed by atoms with Crippen molar-refractivity contribution >= 4 is 17.6 Å². The second-order valence-corrected chi connectivity index (χ2v) is 6.36. The molecular weight excluding hydrogens is 356 g/mol. The number of Topliss-reactive ketones (excluding diaryl/α,β-unsaturated/α-hetero) is 1. The largest absolute Gasteiger partial charge is 0.363 e. The molecule has 0 aliphatic carbocycles. The van der Waals surface area contributed by atoms with Crippen molar-refractivity contribution in [3.8, 4) is 11.3 Å². The molecule has 0 spiro atoms. The minimum Gasteiger partial charge on any atom is -0.363 e. The van der Waals surface area contributed by atoms with Gasteiger partial charge in [-0.3, -0.25) is 14.4 Å². The van der Waals surface area contributed by atoms with Gasteiger partial charge in [0.1, 0.15) is 23.3 Å². The summed E-state index contributed by atoms with van der Waals surface area (Å²) in [5.41, 5.74) is 7.42. The fourth-order valence-electron chi connectivity index (χ4n) is 2.92. The van der Waals surface area contributed by atoms with Gasteiger partial charge < -0.3 is 16.0 Å². The molecule has 3 aromatic rings. The Hall–Kier alpha value is -3.74. The minimum atomic E-state index is -1.09. The molecule has 28 heavy (non-hydrogen) atoms. The molecule has 2 aromatic carbocycles. The van der Waals surface area contributed by atoms with Crippen LogP contribution in [-0.2, 0) is 16.0 Å². The number of imidazole rings is 1. The number of carbonyl (C=O) groups is 3. The van der Waals surface area contributed by atoms with Gasteiger partial charge in [-0.05, 0) is 12.5 Å². The molecule has 1 heterocycles. The Morgan fingerprint density at radius 3 is 2.25 bits per heavy atom. The molecular formula is C21H20N4O3. The molecule has 2 amide bonds. The van der Waals surface area contributed by atoms with Crippen LogP contribution in [0.1, 0.15) is 21.9 Å². The molecule has 1 aromatic heterocycles. The number of ketones is 1. The standard InChI is InChI=1S/C21H20N4O3/c1-13-23-17(15-10-6-3-7-11-15)18(24-13)21(28)25-16(19(26)20(22)27)12-14-8-4-2-5-9-14/h2-11,16H,12H2,1H3,(H2,22,27)(H,23,24)(H,25,28)/t16-/m0/s1. The predicted octanol–water partition coefficient (Wildman–Crippen LogP) is 1.78. The maximum atomic E-state index is 12.9. The van der Waals surface area contributed by atoms with Gasteiger partial charge in [0.15, 0.2) is 0 Å². The molecule has 1 atom stereocenters. The van der Waals surface area contributed by atoms with E-state index >= 15 is 0 Å². The Morgan fingerprint density at radius 1 is 1.04 bits per heavy atom. The van der Waals surface area contributed by atoms with E-state index in [1.165, 1.54) is 0 Å². The van der Waals surface area contributed by atoms with Crippen molar-refractivity contribution in [2.75, 3.05) is 0 Å². The van der Waals surface area contributed by atoms with Gasteiger partial charge >= 0.3 is 0 Å². The van der Waals surface area contributed by atoms with Crippen molar-refractivity contribution in [2.45, 2.75) is 19.4 Å². The third-order valence-corrected chi connectivity index (χ3v) is 4.24. The lowest BCUT2D eigenvalue weighted by atomic mass is 10.0. The number of aromatic nitrogens is 2. The van der Waals surface area contributed by atoms with Gasteiger partial charge in [0.2, 0.25) is 5.78 Å². The molecule has 0 bridgehead atoms. The van der Waals surface area contributed by atoms with Crippen molar-refractivity contribution in [3.63, 3.8) is 0 Å². The maximum Gasteiger partial charge on any atom is 0.287 e. The Bertz CT molecular complexity index is 997. The first-order chi connectivity index (χ1) is 13.5. The first-order valence-electron chi connectivity index (χ1n) is 8.76. The molecule has 0 saturated heterocycles. The number of carbonyl (C=O) groups excluding carboxylic acids is 3. The second kappa shape index (κ2) is 8.30. The van der Waals surface area contributed by atoms with Crippen molar-refractivity contribution in [1.82, 2.24) is 15.3 Å². The van der Waals surface area contributed by atoms with Crippen molar-refractivity contribution in [2.24, 2.45) is 5.73 Å². The fraction of sp³-hybridized carbons (Fsp3) is 0.143. The Balaban J connectivity index is 1.88. The first kappa shape index (κ1) is 19.0. The number of nitrogens with two attached hydrogens (primary N) is 1. The maximum absolute atomic E-state index is 12.9. The summed E-state index contributed by atoms with van der Waals surface area (Å²) >= 11 is 0. The lowest BCUT2D eigenvalue weighted by molar-refractivity contribution is -0.137. The fourth-order valence-corrected chi connectivity index (χ4v) is 2.92. The van der Waals surface area contributed by atoms with Crippen LogP contribution in [0.2, 0.25) is 0 Å². The third-order valence-electron chi connectivity index (χ3n) is 4.24. The second-order valence-electron chi connectivity index (χ2n) is 6.36. The van der Waals surface area contributed by atoms with E-state index in [1.54, 1.807) is 6.92 Å². The lowest BCUT2D eigenvalue weighted by Gasteiger charge is -2.16. The quantitative estimate of drug-likeness (QED) is 0.545. The number of benzene rings is 2. The molecule has 0 unspecified atom stereocenters. The zero-order valence-corrected chi connectivity index (χ0v) is 15.3. The number of nitrogens with one attached hydrogen (secondary N) is 2. The van der Waals surface area contributed by atoms with E-state index in [2.05, 4.69) is 15.3 Å². The summed E-state index contributed by atoms with van der Waals surface area (Å²) in [6.45, 7) is 1.74. The number of primary amides is 1. The molecule has 7 nitrogen and oxygen atoms in total. The van der Waals surface area contributed by atoms with E-state index in [4.69, 9.17) is 5.73 Å². The monoisotopic (exact) mass is 376 g/mol. The van der Waals surface area contributed by atoms with Crippen LogP contribution >= 0.6 is 0 Å². The number of amides is 2. The first-order valence-corrected chi connectivity index (χ1v) is 8.76. The molecule has 0 aliphatic rings. The van der Waals surface area contributed by atoms with Crippen LogP contribution in [0.5, 0.6) is 0 Å². The van der Waals surface area contributed by atoms with E-state index < -0.39 is 23.6 Å². The van der Waals surface area contributed by atoms with Crippen molar-refractivity contribution < 1.29 is 14.4 Å². The summed E-state index contributed by atoms with van der Waals surface area (Å²) in [6.07, 6.45) is 0.155. The summed E-state index contributed by atoms with van der Waals surface area (Å²) < 4.78 is 0. The zero-order valence-electron chi connectivity index (χ0n) is 15.3. The molecule has 0 saturated carbocycles. The van der Waals surface area contributed by atoms with Crippen molar-refractivity contribution in [1.29, 1.82) is 0 Å². The number of hydrogen-bond donors (Lipinski definition) is 3. The van der Waals surface area contributed by atoms with E-state index in [0.29, 0.717) is 11.5 Å². The number of rotatable bonds is 7. The zero-order chi connectivity index (χ0) is 20.1. The van der Waals surface area contributed by atoms with Crippen LogP contribution < -0.4 is 11.1 Å². The number of nitrogens with zero attached hydrogens (tertiary/aromatic N) is 1. The average molecular weight is 376 g/mol. The SMILES string of the molecule is Cc1nc(-c2ccccc2)c(C(=O)N[C@@H](Cc2ccccc2)C(=O)C(N)=O)[nH]1. The van der Waals surface area contributed by atoms with Gasteiger partial charge in [-0.1, -0.05) is 60.7 Å². The van der Waals surface area contributed by atoms with Gasteiger partial charge in [0.05, 0.1) is 0 Å². The van der Waals surface area contributed by atoms with E-state index in [-0.39, 0.29) is 12.1 Å². The number of aryl methyl sites for hydroxylation is 1. The van der Waals surface area contributed by atoms with Crippen LogP contribution in [0, 0.1) is 6.92 Å². The molecule has 0 aliphatic heterocycles. The normalized spacial score (nSPS) is 11.6. The number of hydrogen-bond acceptors (Lipinski definition) is 4. The van der Waals surface area contributed by atoms with E-state index in [0.717, 1.165) is 11.1 Å².